The van der Waals surface area contributed by atoms with Crippen LogP contribution >= 0.6 is 47.8 Å². The first-order valence-corrected chi connectivity index (χ1v) is 8.05. The fourth-order valence-electron chi connectivity index (χ4n) is 1.81. The number of rotatable bonds is 2. The molecule has 0 fully saturated rings. The summed E-state index contributed by atoms with van der Waals surface area (Å²) in [5.74, 6) is 0. The van der Waals surface area contributed by atoms with E-state index in [0.717, 1.165) is 16.1 Å². The highest BCUT2D eigenvalue weighted by atomic mass is 79.9. The molecule has 0 radical (unpaired) electrons. The van der Waals surface area contributed by atoms with Gasteiger partial charge in [0.1, 0.15) is 0 Å². The summed E-state index contributed by atoms with van der Waals surface area (Å²) in [5, 5.41) is 0. The van der Waals surface area contributed by atoms with Crippen molar-refractivity contribution in [2.45, 2.75) is 11.0 Å². The average molecular weight is 473 g/mol. The maximum Gasteiger partial charge on any atom is 0.416 e. The van der Waals surface area contributed by atoms with Crippen LogP contribution < -0.4 is 0 Å². The van der Waals surface area contributed by atoms with Crippen LogP contribution in [-0.4, -0.2) is 0 Å². The molecule has 0 aliphatic carbocycles. The van der Waals surface area contributed by atoms with Crippen molar-refractivity contribution >= 4 is 47.8 Å². The number of hydrogen-bond donors (Lipinski definition) is 0. The lowest BCUT2D eigenvalue weighted by molar-refractivity contribution is -0.138. The predicted octanol–water partition coefficient (Wildman–Crippen LogP) is 6.71. The van der Waals surface area contributed by atoms with Crippen molar-refractivity contribution in [3.8, 4) is 0 Å². The topological polar surface area (TPSA) is 0 Å². The van der Waals surface area contributed by atoms with Crippen LogP contribution in [0.1, 0.15) is 21.5 Å². The molecule has 1 unspecified atom stereocenters. The molecule has 106 valence electrons. The van der Waals surface area contributed by atoms with Gasteiger partial charge in [-0.15, -0.1) is 0 Å². The first-order chi connectivity index (χ1) is 9.29. The Morgan fingerprint density at radius 2 is 1.40 bits per heavy atom. The van der Waals surface area contributed by atoms with E-state index in [4.69, 9.17) is 0 Å². The Labute approximate surface area is 139 Å². The van der Waals surface area contributed by atoms with E-state index in [1.807, 2.05) is 0 Å². The second kappa shape index (κ2) is 6.20. The van der Waals surface area contributed by atoms with Gasteiger partial charge in [0, 0.05) is 8.95 Å². The van der Waals surface area contributed by atoms with Crippen LogP contribution in [0.15, 0.2) is 51.4 Å². The number of halogens is 6. The Morgan fingerprint density at radius 1 is 0.850 bits per heavy atom. The first-order valence-electron chi connectivity index (χ1n) is 5.55. The summed E-state index contributed by atoms with van der Waals surface area (Å²) >= 11 is 9.74. The molecule has 0 heterocycles. The molecule has 0 spiro atoms. The number of alkyl halides is 4. The smallest absolute Gasteiger partial charge is 0.166 e. The van der Waals surface area contributed by atoms with Gasteiger partial charge in [0.2, 0.25) is 0 Å². The molecule has 2 aromatic carbocycles. The van der Waals surface area contributed by atoms with Crippen LogP contribution in [0.2, 0.25) is 0 Å². The third-order valence-corrected chi connectivity index (χ3v) is 4.80. The summed E-state index contributed by atoms with van der Waals surface area (Å²) < 4.78 is 40.6. The van der Waals surface area contributed by atoms with Gasteiger partial charge in [0.05, 0.1) is 10.4 Å². The summed E-state index contributed by atoms with van der Waals surface area (Å²) in [4.78, 5) is -0.514. The van der Waals surface area contributed by atoms with Gasteiger partial charge in [0.15, 0.2) is 0 Å². The minimum absolute atomic E-state index is 0.197. The lowest BCUT2D eigenvalue weighted by Crippen LogP contribution is -2.10. The van der Waals surface area contributed by atoms with Gasteiger partial charge in [-0.05, 0) is 35.4 Å². The zero-order valence-electron chi connectivity index (χ0n) is 9.89. The molecule has 0 aliphatic rings. The molecule has 0 aromatic heterocycles. The lowest BCUT2D eigenvalue weighted by Gasteiger charge is -2.18. The van der Waals surface area contributed by atoms with E-state index in [9.17, 15) is 13.2 Å². The van der Waals surface area contributed by atoms with Crippen molar-refractivity contribution in [3.63, 3.8) is 0 Å². The lowest BCUT2D eigenvalue weighted by atomic mass is 9.99. The predicted molar refractivity (Wildman–Crippen MR) is 84.1 cm³/mol. The molecule has 0 nitrogen and oxygen atoms in total. The molecular formula is C14H8Br3F3. The quantitative estimate of drug-likeness (QED) is 0.426. The third kappa shape index (κ3) is 3.65. The SMILES string of the molecule is FC(F)(F)c1cc(Br)ccc1C(Br)c1ccc(Br)cc1. The molecule has 0 amide bonds. The fourth-order valence-corrected chi connectivity index (χ4v) is 3.14. The summed E-state index contributed by atoms with van der Waals surface area (Å²) in [5.41, 5.74) is 0.320. The van der Waals surface area contributed by atoms with Crippen LogP contribution in [-0.2, 0) is 6.18 Å². The van der Waals surface area contributed by atoms with Crippen molar-refractivity contribution in [3.05, 3.63) is 68.1 Å². The first kappa shape index (κ1) is 16.0. The van der Waals surface area contributed by atoms with E-state index in [1.165, 1.54) is 6.07 Å². The molecule has 1 atom stereocenters. The highest BCUT2D eigenvalue weighted by Crippen LogP contribution is 2.41. The van der Waals surface area contributed by atoms with Crippen molar-refractivity contribution in [2.75, 3.05) is 0 Å². The van der Waals surface area contributed by atoms with E-state index in [0.29, 0.717) is 4.47 Å². The molecular weight excluding hydrogens is 465 g/mol. The normalized spacial score (nSPS) is 13.3. The zero-order chi connectivity index (χ0) is 14.9. The van der Waals surface area contributed by atoms with Gasteiger partial charge < -0.3 is 0 Å². The second-order valence-electron chi connectivity index (χ2n) is 4.14. The Bertz CT molecular complexity index is 606. The van der Waals surface area contributed by atoms with Crippen molar-refractivity contribution in [1.82, 2.24) is 0 Å². The second-order valence-corrected chi connectivity index (χ2v) is 6.89. The van der Waals surface area contributed by atoms with Crippen LogP contribution in [0.3, 0.4) is 0 Å². The molecule has 0 bridgehead atoms. The highest BCUT2D eigenvalue weighted by molar-refractivity contribution is 9.10. The van der Waals surface area contributed by atoms with Gasteiger partial charge in [-0.3, -0.25) is 0 Å². The Kier molecular flexibility index (Phi) is 4.97. The minimum Gasteiger partial charge on any atom is -0.166 e. The Balaban J connectivity index is 2.49. The molecule has 2 rings (SSSR count). The molecule has 20 heavy (non-hydrogen) atoms. The van der Waals surface area contributed by atoms with Crippen molar-refractivity contribution in [1.29, 1.82) is 0 Å². The van der Waals surface area contributed by atoms with Gasteiger partial charge in [-0.2, -0.15) is 13.2 Å². The van der Waals surface area contributed by atoms with Crippen molar-refractivity contribution < 1.29 is 13.2 Å². The monoisotopic (exact) mass is 470 g/mol. The third-order valence-electron chi connectivity index (χ3n) is 2.76. The van der Waals surface area contributed by atoms with E-state index >= 15 is 0 Å². The van der Waals surface area contributed by atoms with Gasteiger partial charge in [-0.25, -0.2) is 0 Å². The molecule has 6 heteroatoms. The standard InChI is InChI=1S/C14H8Br3F3/c15-9-3-1-8(2-4-9)13(17)11-6-5-10(16)7-12(11)14(18,19)20/h1-7,13H. The van der Waals surface area contributed by atoms with E-state index < -0.39 is 16.6 Å². The molecule has 0 aliphatic heterocycles. The maximum atomic E-state index is 13.1. The van der Waals surface area contributed by atoms with Crippen LogP contribution in [0.5, 0.6) is 0 Å². The largest absolute Gasteiger partial charge is 0.416 e. The van der Waals surface area contributed by atoms with Gasteiger partial charge >= 0.3 is 6.18 Å². The number of benzene rings is 2. The summed E-state index contributed by atoms with van der Waals surface area (Å²) in [6.07, 6.45) is -4.39. The Hall–Kier alpha value is -0.330. The maximum absolute atomic E-state index is 13.1. The molecule has 2 aromatic rings. The van der Waals surface area contributed by atoms with E-state index in [-0.39, 0.29) is 5.56 Å². The van der Waals surface area contributed by atoms with Gasteiger partial charge in [0.25, 0.3) is 0 Å². The molecule has 0 N–H and O–H groups in total. The summed E-state index contributed by atoms with van der Waals surface area (Å²) in [6.45, 7) is 0. The summed E-state index contributed by atoms with van der Waals surface area (Å²) in [6, 6.07) is 11.4. The fraction of sp³-hybridized carbons (Fsp3) is 0.143. The van der Waals surface area contributed by atoms with Crippen LogP contribution in [0.25, 0.3) is 0 Å². The number of hydrogen-bond acceptors (Lipinski definition) is 0. The Morgan fingerprint density at radius 3 is 1.95 bits per heavy atom. The zero-order valence-corrected chi connectivity index (χ0v) is 14.6. The van der Waals surface area contributed by atoms with Crippen molar-refractivity contribution in [2.24, 2.45) is 0 Å². The van der Waals surface area contributed by atoms with E-state index in [1.54, 1.807) is 30.3 Å². The minimum atomic E-state index is -4.39. The van der Waals surface area contributed by atoms with Gasteiger partial charge in [-0.1, -0.05) is 66.0 Å². The molecule has 0 saturated heterocycles. The summed E-state index contributed by atoms with van der Waals surface area (Å²) in [7, 11) is 0. The highest BCUT2D eigenvalue weighted by Gasteiger charge is 2.35. The van der Waals surface area contributed by atoms with Crippen LogP contribution in [0, 0.1) is 0 Å². The average Bonchev–Trinajstić information content (AvgIpc) is 2.38. The van der Waals surface area contributed by atoms with Crippen LogP contribution in [0.4, 0.5) is 13.2 Å². The van der Waals surface area contributed by atoms with E-state index in [2.05, 4.69) is 47.8 Å². The molecule has 0 saturated carbocycles.